The predicted octanol–water partition coefficient (Wildman–Crippen LogP) is 1.90. The van der Waals surface area contributed by atoms with Crippen molar-refractivity contribution >= 4 is 6.09 Å². The van der Waals surface area contributed by atoms with Gasteiger partial charge in [-0.25, -0.2) is 4.79 Å². The Balaban J connectivity index is 2.25. The van der Waals surface area contributed by atoms with E-state index < -0.39 is 5.60 Å². The average molecular weight is 228 g/mol. The van der Waals surface area contributed by atoms with Gasteiger partial charge in [-0.2, -0.15) is 0 Å². The van der Waals surface area contributed by atoms with Crippen LogP contribution in [0.4, 0.5) is 4.79 Å². The number of amides is 1. The molecule has 4 heteroatoms. The summed E-state index contributed by atoms with van der Waals surface area (Å²) < 4.78 is 5.19. The molecule has 1 unspecified atom stereocenters. The number of piperidine rings is 1. The van der Waals surface area contributed by atoms with Crippen molar-refractivity contribution in [1.82, 2.24) is 10.6 Å². The van der Waals surface area contributed by atoms with Crippen LogP contribution < -0.4 is 10.6 Å². The van der Waals surface area contributed by atoms with E-state index in [1.807, 2.05) is 20.8 Å². The Morgan fingerprint density at radius 3 is 2.75 bits per heavy atom. The molecule has 1 saturated heterocycles. The van der Waals surface area contributed by atoms with Gasteiger partial charge in [-0.1, -0.05) is 6.92 Å². The normalized spacial score (nSPS) is 26.2. The van der Waals surface area contributed by atoms with Gasteiger partial charge in [0.15, 0.2) is 0 Å². The molecule has 16 heavy (non-hydrogen) atoms. The summed E-state index contributed by atoms with van der Waals surface area (Å²) in [6, 6.07) is 0.376. The Morgan fingerprint density at radius 2 is 2.19 bits per heavy atom. The van der Waals surface area contributed by atoms with Gasteiger partial charge < -0.3 is 15.4 Å². The summed E-state index contributed by atoms with van der Waals surface area (Å²) in [6.45, 7) is 9.52. The molecule has 0 aliphatic carbocycles. The molecule has 0 radical (unpaired) electrons. The first-order valence-electron chi connectivity index (χ1n) is 6.09. The zero-order valence-electron chi connectivity index (χ0n) is 10.8. The number of hydrogen-bond acceptors (Lipinski definition) is 3. The summed E-state index contributed by atoms with van der Waals surface area (Å²) in [5.41, 5.74) is -0.421. The van der Waals surface area contributed by atoms with E-state index in [1.54, 1.807) is 0 Å². The van der Waals surface area contributed by atoms with Crippen LogP contribution in [0.15, 0.2) is 0 Å². The number of hydrogen-bond donors (Lipinski definition) is 2. The quantitative estimate of drug-likeness (QED) is 0.759. The Bertz CT molecular complexity index is 236. The maximum absolute atomic E-state index is 11.4. The SMILES string of the molecule is C[C@@H]1CCCNC1CNC(=O)OC(C)(C)C. The van der Waals surface area contributed by atoms with Crippen LogP contribution in [-0.2, 0) is 4.74 Å². The fraction of sp³-hybridized carbons (Fsp3) is 0.917. The van der Waals surface area contributed by atoms with E-state index in [0.29, 0.717) is 18.5 Å². The third kappa shape index (κ3) is 4.84. The van der Waals surface area contributed by atoms with Crippen LogP contribution in [0.25, 0.3) is 0 Å². The lowest BCUT2D eigenvalue weighted by Gasteiger charge is -2.30. The molecule has 1 heterocycles. The maximum atomic E-state index is 11.4. The number of rotatable bonds is 2. The molecule has 2 atom stereocenters. The zero-order valence-corrected chi connectivity index (χ0v) is 10.8. The predicted molar refractivity (Wildman–Crippen MR) is 64.4 cm³/mol. The molecule has 4 nitrogen and oxygen atoms in total. The maximum Gasteiger partial charge on any atom is 0.407 e. The van der Waals surface area contributed by atoms with Crippen molar-refractivity contribution in [2.24, 2.45) is 5.92 Å². The molecule has 94 valence electrons. The Hall–Kier alpha value is -0.770. The number of alkyl carbamates (subject to hydrolysis) is 1. The Morgan fingerprint density at radius 1 is 1.50 bits per heavy atom. The first kappa shape index (κ1) is 13.3. The van der Waals surface area contributed by atoms with Crippen molar-refractivity contribution in [1.29, 1.82) is 0 Å². The molecular weight excluding hydrogens is 204 g/mol. The first-order chi connectivity index (χ1) is 7.38. The molecule has 0 aromatic rings. The summed E-state index contributed by atoms with van der Waals surface area (Å²) in [6.07, 6.45) is 2.13. The van der Waals surface area contributed by atoms with Crippen molar-refractivity contribution in [3.63, 3.8) is 0 Å². The molecule has 1 aliphatic heterocycles. The largest absolute Gasteiger partial charge is 0.444 e. The van der Waals surface area contributed by atoms with E-state index >= 15 is 0 Å². The minimum absolute atomic E-state index is 0.327. The summed E-state index contributed by atoms with van der Waals surface area (Å²) in [7, 11) is 0. The van der Waals surface area contributed by atoms with Crippen LogP contribution >= 0.6 is 0 Å². The van der Waals surface area contributed by atoms with Crippen LogP contribution in [0.5, 0.6) is 0 Å². The fourth-order valence-corrected chi connectivity index (χ4v) is 1.89. The lowest BCUT2D eigenvalue weighted by atomic mass is 9.93. The molecule has 0 saturated carbocycles. The first-order valence-corrected chi connectivity index (χ1v) is 6.09. The third-order valence-electron chi connectivity index (χ3n) is 2.79. The van der Waals surface area contributed by atoms with Gasteiger partial charge in [0.2, 0.25) is 0 Å². The molecule has 1 aliphatic rings. The van der Waals surface area contributed by atoms with Gasteiger partial charge in [0.25, 0.3) is 0 Å². The van der Waals surface area contributed by atoms with Gasteiger partial charge in [-0.05, 0) is 46.1 Å². The molecule has 1 amide bonds. The van der Waals surface area contributed by atoms with Crippen molar-refractivity contribution in [3.8, 4) is 0 Å². The highest BCUT2D eigenvalue weighted by atomic mass is 16.6. The monoisotopic (exact) mass is 228 g/mol. The molecule has 0 spiro atoms. The van der Waals surface area contributed by atoms with Crippen LogP contribution in [-0.4, -0.2) is 30.8 Å². The average Bonchev–Trinajstić information content (AvgIpc) is 2.14. The molecule has 2 N–H and O–H groups in total. The molecule has 0 bridgehead atoms. The van der Waals surface area contributed by atoms with Crippen LogP contribution in [0.3, 0.4) is 0 Å². The highest BCUT2D eigenvalue weighted by molar-refractivity contribution is 5.67. The van der Waals surface area contributed by atoms with Crippen molar-refractivity contribution < 1.29 is 9.53 Å². The third-order valence-corrected chi connectivity index (χ3v) is 2.79. The van der Waals surface area contributed by atoms with Gasteiger partial charge in [-0.15, -0.1) is 0 Å². The van der Waals surface area contributed by atoms with Crippen molar-refractivity contribution in [3.05, 3.63) is 0 Å². The van der Waals surface area contributed by atoms with Gasteiger partial charge in [0.05, 0.1) is 0 Å². The lowest BCUT2D eigenvalue weighted by molar-refractivity contribution is 0.0516. The lowest BCUT2D eigenvalue weighted by Crippen LogP contribution is -2.48. The van der Waals surface area contributed by atoms with Gasteiger partial charge >= 0.3 is 6.09 Å². The molecule has 0 aromatic heterocycles. The summed E-state index contributed by atoms with van der Waals surface area (Å²) >= 11 is 0. The van der Waals surface area contributed by atoms with Gasteiger partial charge in [0, 0.05) is 12.6 Å². The highest BCUT2D eigenvalue weighted by Gasteiger charge is 2.22. The fourth-order valence-electron chi connectivity index (χ4n) is 1.89. The molecular formula is C12H24N2O2. The van der Waals surface area contributed by atoms with Crippen LogP contribution in [0.2, 0.25) is 0 Å². The topological polar surface area (TPSA) is 50.4 Å². The number of carbonyl (C=O) groups excluding carboxylic acids is 1. The highest BCUT2D eigenvalue weighted by Crippen LogP contribution is 2.15. The van der Waals surface area contributed by atoms with Crippen molar-refractivity contribution in [2.45, 2.75) is 52.2 Å². The number of carbonyl (C=O) groups is 1. The van der Waals surface area contributed by atoms with Gasteiger partial charge in [-0.3, -0.25) is 0 Å². The second kappa shape index (κ2) is 5.53. The summed E-state index contributed by atoms with van der Waals surface area (Å²) in [5.74, 6) is 0.615. The van der Waals surface area contributed by atoms with E-state index in [9.17, 15) is 4.79 Å². The standard InChI is InChI=1S/C12H24N2O2/c1-9-6-5-7-13-10(9)8-14-11(15)16-12(2,3)4/h9-10,13H,5-8H2,1-4H3,(H,14,15)/t9-,10?/m1/s1. The summed E-state index contributed by atoms with van der Waals surface area (Å²) in [4.78, 5) is 11.4. The van der Waals surface area contributed by atoms with E-state index in [2.05, 4.69) is 17.6 Å². The second-order valence-corrected chi connectivity index (χ2v) is 5.56. The summed E-state index contributed by atoms with van der Waals surface area (Å²) in [5, 5.41) is 6.23. The van der Waals surface area contributed by atoms with Crippen molar-refractivity contribution in [2.75, 3.05) is 13.1 Å². The van der Waals surface area contributed by atoms with E-state index in [1.165, 1.54) is 12.8 Å². The Labute approximate surface area is 98.1 Å². The zero-order chi connectivity index (χ0) is 12.2. The van der Waals surface area contributed by atoms with E-state index in [-0.39, 0.29) is 6.09 Å². The smallest absolute Gasteiger partial charge is 0.407 e. The molecule has 0 aromatic carbocycles. The van der Waals surface area contributed by atoms with Gasteiger partial charge in [0.1, 0.15) is 5.60 Å². The van der Waals surface area contributed by atoms with E-state index in [4.69, 9.17) is 4.74 Å². The second-order valence-electron chi connectivity index (χ2n) is 5.56. The minimum Gasteiger partial charge on any atom is -0.444 e. The molecule has 1 rings (SSSR count). The minimum atomic E-state index is -0.421. The van der Waals surface area contributed by atoms with E-state index in [0.717, 1.165) is 6.54 Å². The Kier molecular flexibility index (Phi) is 4.59. The van der Waals surface area contributed by atoms with Crippen LogP contribution in [0, 0.1) is 5.92 Å². The van der Waals surface area contributed by atoms with Crippen LogP contribution in [0.1, 0.15) is 40.5 Å². The molecule has 1 fully saturated rings. The number of nitrogens with one attached hydrogen (secondary N) is 2. The number of ether oxygens (including phenoxy) is 1.